The summed E-state index contributed by atoms with van der Waals surface area (Å²) in [5, 5.41) is 9.44. The molecule has 1 aromatic carbocycles. The van der Waals surface area contributed by atoms with Crippen LogP contribution < -0.4 is 0 Å². The number of aromatic hydroxyl groups is 1. The third-order valence-corrected chi connectivity index (χ3v) is 2.29. The molecule has 0 saturated carbocycles. The van der Waals surface area contributed by atoms with Gasteiger partial charge < -0.3 is 5.11 Å². The molecule has 0 bridgehead atoms. The van der Waals surface area contributed by atoms with E-state index in [4.69, 9.17) is 11.6 Å². The fourth-order valence-corrected chi connectivity index (χ4v) is 1.73. The van der Waals surface area contributed by atoms with Crippen molar-refractivity contribution in [3.05, 3.63) is 28.0 Å². The first kappa shape index (κ1) is 10.3. The second-order valence-corrected chi connectivity index (χ2v) is 3.81. The summed E-state index contributed by atoms with van der Waals surface area (Å²) >= 11 is 5.56. The second-order valence-electron chi connectivity index (χ2n) is 3.41. The lowest BCUT2D eigenvalue weighted by Crippen LogP contribution is -1.95. The van der Waals surface area contributed by atoms with Crippen LogP contribution in [0.2, 0.25) is 5.02 Å². The maximum atomic E-state index is 13.1. The summed E-state index contributed by atoms with van der Waals surface area (Å²) in [5.41, 5.74) is 1.45. The van der Waals surface area contributed by atoms with Crippen LogP contribution in [-0.4, -0.2) is 5.11 Å². The lowest BCUT2D eigenvalue weighted by atomic mass is 9.97. The van der Waals surface area contributed by atoms with Gasteiger partial charge in [0.05, 0.1) is 5.02 Å². The molecule has 13 heavy (non-hydrogen) atoms. The molecule has 0 aromatic heterocycles. The Kier molecular flexibility index (Phi) is 2.81. The molecule has 1 nitrogen and oxygen atoms in total. The number of hydrogen-bond acceptors (Lipinski definition) is 1. The van der Waals surface area contributed by atoms with Crippen LogP contribution in [0.25, 0.3) is 0 Å². The highest BCUT2D eigenvalue weighted by Crippen LogP contribution is 2.35. The van der Waals surface area contributed by atoms with Crippen LogP contribution in [0.5, 0.6) is 5.75 Å². The molecule has 0 aliphatic heterocycles. The van der Waals surface area contributed by atoms with Crippen LogP contribution in [-0.2, 0) is 0 Å². The first-order chi connectivity index (χ1) is 5.95. The number of halogens is 2. The van der Waals surface area contributed by atoms with Crippen molar-refractivity contribution in [1.82, 2.24) is 0 Å². The smallest absolute Gasteiger partial charge is 0.183 e. The number of aryl methyl sites for hydroxylation is 1. The summed E-state index contributed by atoms with van der Waals surface area (Å²) < 4.78 is 13.1. The molecule has 1 N–H and O–H groups in total. The maximum absolute atomic E-state index is 13.1. The van der Waals surface area contributed by atoms with Gasteiger partial charge in [-0.15, -0.1) is 0 Å². The Morgan fingerprint density at radius 2 is 2.00 bits per heavy atom. The predicted molar refractivity (Wildman–Crippen MR) is 51.9 cm³/mol. The molecule has 0 saturated heterocycles. The summed E-state index contributed by atoms with van der Waals surface area (Å²) in [6.07, 6.45) is 0. The third-order valence-electron chi connectivity index (χ3n) is 2.02. The molecule has 0 fully saturated rings. The Balaban J connectivity index is 3.44. The topological polar surface area (TPSA) is 20.2 Å². The van der Waals surface area contributed by atoms with E-state index in [1.54, 1.807) is 6.92 Å². The monoisotopic (exact) mass is 202 g/mol. The van der Waals surface area contributed by atoms with Crippen molar-refractivity contribution < 1.29 is 9.50 Å². The number of phenols is 1. The van der Waals surface area contributed by atoms with Crippen molar-refractivity contribution in [1.29, 1.82) is 0 Å². The van der Waals surface area contributed by atoms with Gasteiger partial charge in [-0.3, -0.25) is 0 Å². The Labute approximate surface area is 82.2 Å². The lowest BCUT2D eigenvalue weighted by molar-refractivity contribution is 0.422. The van der Waals surface area contributed by atoms with Crippen molar-refractivity contribution in [3.8, 4) is 5.75 Å². The van der Waals surface area contributed by atoms with Crippen molar-refractivity contribution in [2.45, 2.75) is 26.7 Å². The third kappa shape index (κ3) is 1.78. The zero-order valence-corrected chi connectivity index (χ0v) is 8.61. The van der Waals surface area contributed by atoms with Crippen LogP contribution in [0.1, 0.15) is 30.9 Å². The first-order valence-corrected chi connectivity index (χ1v) is 4.50. The minimum absolute atomic E-state index is 0.0283. The summed E-state index contributed by atoms with van der Waals surface area (Å²) in [6, 6.07) is 1.53. The predicted octanol–water partition coefficient (Wildman–Crippen LogP) is 3.62. The molecule has 0 radical (unpaired) electrons. The zero-order chi connectivity index (χ0) is 10.2. The van der Waals surface area contributed by atoms with Gasteiger partial charge in [0, 0.05) is 5.56 Å². The fraction of sp³-hybridized carbons (Fsp3) is 0.400. The lowest BCUT2D eigenvalue weighted by Gasteiger charge is -2.13. The molecule has 1 rings (SSSR count). The van der Waals surface area contributed by atoms with E-state index in [1.165, 1.54) is 6.07 Å². The highest BCUT2D eigenvalue weighted by Gasteiger charge is 2.16. The van der Waals surface area contributed by atoms with Gasteiger partial charge in [0.2, 0.25) is 0 Å². The van der Waals surface area contributed by atoms with Crippen LogP contribution in [0.4, 0.5) is 4.39 Å². The van der Waals surface area contributed by atoms with Crippen LogP contribution in [0.3, 0.4) is 0 Å². The quantitative estimate of drug-likeness (QED) is 0.738. The molecule has 0 unspecified atom stereocenters. The molecule has 0 aliphatic rings. The number of benzene rings is 1. The molecule has 1 aromatic rings. The van der Waals surface area contributed by atoms with Gasteiger partial charge in [0.15, 0.2) is 11.6 Å². The van der Waals surface area contributed by atoms with E-state index >= 15 is 0 Å². The summed E-state index contributed by atoms with van der Waals surface area (Å²) in [7, 11) is 0. The van der Waals surface area contributed by atoms with Gasteiger partial charge in [0.1, 0.15) is 0 Å². The summed E-state index contributed by atoms with van der Waals surface area (Å²) in [5.74, 6) is -0.956. The molecule has 0 aliphatic carbocycles. The number of hydrogen-bond donors (Lipinski definition) is 1. The summed E-state index contributed by atoms with van der Waals surface area (Å²) in [4.78, 5) is 0. The molecular formula is C10H12ClFO. The van der Waals surface area contributed by atoms with E-state index in [1.807, 2.05) is 13.8 Å². The first-order valence-electron chi connectivity index (χ1n) is 4.12. The SMILES string of the molecule is Cc1cc(Cl)c(F)c(O)c1C(C)C. The molecule has 3 heteroatoms. The van der Waals surface area contributed by atoms with E-state index in [0.29, 0.717) is 5.56 Å². The van der Waals surface area contributed by atoms with Gasteiger partial charge in [0.25, 0.3) is 0 Å². The maximum Gasteiger partial charge on any atom is 0.183 e. The van der Waals surface area contributed by atoms with Crippen molar-refractivity contribution in [3.63, 3.8) is 0 Å². The van der Waals surface area contributed by atoms with Crippen LogP contribution in [0, 0.1) is 12.7 Å². The second kappa shape index (κ2) is 3.54. The van der Waals surface area contributed by atoms with E-state index in [0.717, 1.165) is 5.56 Å². The fourth-order valence-electron chi connectivity index (χ4n) is 1.48. The molecule has 0 heterocycles. The zero-order valence-electron chi connectivity index (χ0n) is 7.86. The molecule has 0 amide bonds. The average molecular weight is 203 g/mol. The largest absolute Gasteiger partial charge is 0.505 e. The van der Waals surface area contributed by atoms with E-state index in [2.05, 4.69) is 0 Å². The minimum atomic E-state index is -0.726. The Morgan fingerprint density at radius 1 is 1.46 bits per heavy atom. The normalized spacial score (nSPS) is 10.9. The Morgan fingerprint density at radius 3 is 2.46 bits per heavy atom. The Hall–Kier alpha value is -0.760. The highest BCUT2D eigenvalue weighted by atomic mass is 35.5. The Bertz CT molecular complexity index is 334. The minimum Gasteiger partial charge on any atom is -0.505 e. The number of rotatable bonds is 1. The van der Waals surface area contributed by atoms with Crippen LogP contribution >= 0.6 is 11.6 Å². The average Bonchev–Trinajstić information content (AvgIpc) is 1.99. The molecular weight excluding hydrogens is 191 g/mol. The van der Waals surface area contributed by atoms with Gasteiger partial charge in [-0.05, 0) is 24.5 Å². The van der Waals surface area contributed by atoms with Crippen molar-refractivity contribution in [2.75, 3.05) is 0 Å². The molecule has 0 atom stereocenters. The van der Waals surface area contributed by atoms with Crippen molar-refractivity contribution >= 4 is 11.6 Å². The van der Waals surface area contributed by atoms with Gasteiger partial charge in [-0.25, -0.2) is 4.39 Å². The highest BCUT2D eigenvalue weighted by molar-refractivity contribution is 6.31. The standard InChI is InChI=1S/C10H12ClFO/c1-5(2)8-6(3)4-7(11)9(12)10(8)13/h4-5,13H,1-3H3. The van der Waals surface area contributed by atoms with E-state index in [9.17, 15) is 9.50 Å². The molecule has 72 valence electrons. The van der Waals surface area contributed by atoms with Crippen LogP contribution in [0.15, 0.2) is 6.07 Å². The number of phenolic OH excluding ortho intramolecular Hbond substituents is 1. The van der Waals surface area contributed by atoms with Crippen molar-refractivity contribution in [2.24, 2.45) is 0 Å². The van der Waals surface area contributed by atoms with E-state index in [-0.39, 0.29) is 16.7 Å². The molecule has 0 spiro atoms. The van der Waals surface area contributed by atoms with Gasteiger partial charge in [-0.2, -0.15) is 0 Å². The van der Waals surface area contributed by atoms with Gasteiger partial charge >= 0.3 is 0 Å². The summed E-state index contributed by atoms with van der Waals surface area (Å²) in [6.45, 7) is 5.60. The van der Waals surface area contributed by atoms with E-state index < -0.39 is 5.82 Å². The van der Waals surface area contributed by atoms with Gasteiger partial charge in [-0.1, -0.05) is 25.4 Å².